The molecule has 0 bridgehead atoms. The molecule has 1 aliphatic rings. The largest absolute Gasteiger partial charge is 0.338 e. The first-order valence-corrected chi connectivity index (χ1v) is 6.13. The van der Waals surface area contributed by atoms with E-state index in [9.17, 15) is 4.79 Å². The lowest BCUT2D eigenvalue weighted by Gasteiger charge is -2.26. The summed E-state index contributed by atoms with van der Waals surface area (Å²) in [7, 11) is 0. The third-order valence-corrected chi connectivity index (χ3v) is 2.97. The van der Waals surface area contributed by atoms with Crippen molar-refractivity contribution in [3.8, 4) is 6.07 Å². The zero-order chi connectivity index (χ0) is 12.8. The SMILES string of the molecule is N#C/C(=C\c1ccccn1)C(=O)N1CCCCC1. The average molecular weight is 241 g/mol. The first-order chi connectivity index (χ1) is 8.81. The first kappa shape index (κ1) is 12.3. The highest BCUT2D eigenvalue weighted by Crippen LogP contribution is 2.13. The monoisotopic (exact) mass is 241 g/mol. The van der Waals surface area contributed by atoms with Crippen LogP contribution < -0.4 is 0 Å². The van der Waals surface area contributed by atoms with Crippen LogP contribution in [0.1, 0.15) is 25.0 Å². The van der Waals surface area contributed by atoms with Gasteiger partial charge in [0.25, 0.3) is 5.91 Å². The fourth-order valence-electron chi connectivity index (χ4n) is 2.02. The summed E-state index contributed by atoms with van der Waals surface area (Å²) < 4.78 is 0. The number of piperidine rings is 1. The molecule has 2 heterocycles. The number of likely N-dealkylation sites (tertiary alicyclic amines) is 1. The molecule has 0 radical (unpaired) electrons. The van der Waals surface area contributed by atoms with Crippen molar-refractivity contribution in [1.82, 2.24) is 9.88 Å². The number of hydrogen-bond acceptors (Lipinski definition) is 3. The summed E-state index contributed by atoms with van der Waals surface area (Å²) in [5.74, 6) is -0.178. The molecule has 1 aromatic rings. The molecule has 92 valence electrons. The van der Waals surface area contributed by atoms with Crippen molar-refractivity contribution in [2.45, 2.75) is 19.3 Å². The minimum absolute atomic E-state index is 0.163. The summed E-state index contributed by atoms with van der Waals surface area (Å²) >= 11 is 0. The van der Waals surface area contributed by atoms with E-state index in [0.29, 0.717) is 5.69 Å². The molecule has 1 amide bonds. The molecular weight excluding hydrogens is 226 g/mol. The number of carbonyl (C=O) groups excluding carboxylic acids is 1. The second kappa shape index (κ2) is 5.97. The fraction of sp³-hybridized carbons (Fsp3) is 0.357. The molecule has 0 atom stereocenters. The van der Waals surface area contributed by atoms with Crippen LogP contribution in [-0.4, -0.2) is 28.9 Å². The molecule has 0 N–H and O–H groups in total. The Morgan fingerprint density at radius 3 is 2.72 bits per heavy atom. The number of carbonyl (C=O) groups is 1. The molecule has 1 aliphatic heterocycles. The Bertz CT molecular complexity index is 482. The predicted octanol–water partition coefficient (Wildman–Crippen LogP) is 2.00. The molecule has 1 saturated heterocycles. The lowest BCUT2D eigenvalue weighted by molar-refractivity contribution is -0.127. The van der Waals surface area contributed by atoms with Gasteiger partial charge in [0.15, 0.2) is 0 Å². The number of nitriles is 1. The maximum atomic E-state index is 12.1. The molecule has 18 heavy (non-hydrogen) atoms. The van der Waals surface area contributed by atoms with Gasteiger partial charge in [0.05, 0.1) is 5.69 Å². The third-order valence-electron chi connectivity index (χ3n) is 2.97. The lowest BCUT2D eigenvalue weighted by Crippen LogP contribution is -2.36. The standard InChI is InChI=1S/C14H15N3O/c15-11-12(10-13-6-2-3-7-16-13)14(18)17-8-4-1-5-9-17/h2-3,6-7,10H,1,4-5,8-9H2/b12-10+. The second-order valence-corrected chi connectivity index (χ2v) is 4.28. The van der Waals surface area contributed by atoms with Gasteiger partial charge in [-0.15, -0.1) is 0 Å². The average Bonchev–Trinajstić information content (AvgIpc) is 2.46. The molecule has 1 fully saturated rings. The Balaban J connectivity index is 2.16. The first-order valence-electron chi connectivity index (χ1n) is 6.13. The Morgan fingerprint density at radius 1 is 1.33 bits per heavy atom. The quantitative estimate of drug-likeness (QED) is 0.587. The van der Waals surface area contributed by atoms with Crippen molar-refractivity contribution in [3.05, 3.63) is 35.7 Å². The van der Waals surface area contributed by atoms with E-state index in [1.54, 1.807) is 29.3 Å². The van der Waals surface area contributed by atoms with E-state index >= 15 is 0 Å². The second-order valence-electron chi connectivity index (χ2n) is 4.28. The topological polar surface area (TPSA) is 57.0 Å². The highest BCUT2D eigenvalue weighted by Gasteiger charge is 2.20. The molecule has 1 aromatic heterocycles. The Kier molecular flexibility index (Phi) is 4.08. The van der Waals surface area contributed by atoms with Crippen LogP contribution in [-0.2, 0) is 4.79 Å². The molecule has 0 aromatic carbocycles. The Hall–Kier alpha value is -2.15. The minimum atomic E-state index is -0.178. The number of hydrogen-bond donors (Lipinski definition) is 0. The third kappa shape index (κ3) is 2.95. The van der Waals surface area contributed by atoms with Crippen molar-refractivity contribution < 1.29 is 4.79 Å². The van der Waals surface area contributed by atoms with E-state index in [0.717, 1.165) is 32.4 Å². The summed E-state index contributed by atoms with van der Waals surface area (Å²) in [4.78, 5) is 18.0. The number of rotatable bonds is 2. The highest BCUT2D eigenvalue weighted by molar-refractivity contribution is 6.01. The predicted molar refractivity (Wildman–Crippen MR) is 68.3 cm³/mol. The molecule has 0 spiro atoms. The van der Waals surface area contributed by atoms with E-state index in [1.807, 2.05) is 12.1 Å². The van der Waals surface area contributed by atoms with Gasteiger partial charge in [-0.3, -0.25) is 9.78 Å². The van der Waals surface area contributed by atoms with E-state index in [2.05, 4.69) is 4.98 Å². The van der Waals surface area contributed by atoms with Gasteiger partial charge in [0, 0.05) is 19.3 Å². The summed E-state index contributed by atoms with van der Waals surface area (Å²) in [6, 6.07) is 7.39. The van der Waals surface area contributed by atoms with Gasteiger partial charge < -0.3 is 4.90 Å². The van der Waals surface area contributed by atoms with Gasteiger partial charge in [-0.1, -0.05) is 6.07 Å². The maximum absolute atomic E-state index is 12.1. The van der Waals surface area contributed by atoms with E-state index in [1.165, 1.54) is 0 Å². The van der Waals surface area contributed by atoms with Gasteiger partial charge in [0.2, 0.25) is 0 Å². The number of nitrogens with zero attached hydrogens (tertiary/aromatic N) is 3. The van der Waals surface area contributed by atoms with Gasteiger partial charge in [-0.25, -0.2) is 0 Å². The van der Waals surface area contributed by atoms with Crippen molar-refractivity contribution in [1.29, 1.82) is 5.26 Å². The summed E-state index contributed by atoms with van der Waals surface area (Å²) in [6.07, 6.45) is 6.40. The van der Waals surface area contributed by atoms with E-state index in [4.69, 9.17) is 5.26 Å². The van der Waals surface area contributed by atoms with E-state index < -0.39 is 0 Å². The zero-order valence-corrected chi connectivity index (χ0v) is 10.2. The van der Waals surface area contributed by atoms with Crippen molar-refractivity contribution >= 4 is 12.0 Å². The van der Waals surface area contributed by atoms with Crippen LogP contribution in [0.2, 0.25) is 0 Å². The van der Waals surface area contributed by atoms with Crippen molar-refractivity contribution in [2.24, 2.45) is 0 Å². The van der Waals surface area contributed by atoms with E-state index in [-0.39, 0.29) is 11.5 Å². The summed E-state index contributed by atoms with van der Waals surface area (Å²) in [5.41, 5.74) is 0.801. The van der Waals surface area contributed by atoms with Crippen LogP contribution in [0.15, 0.2) is 30.0 Å². The van der Waals surface area contributed by atoms with Crippen LogP contribution >= 0.6 is 0 Å². The summed E-state index contributed by atoms with van der Waals surface area (Å²) in [6.45, 7) is 1.50. The van der Waals surface area contributed by atoms with Gasteiger partial charge in [-0.05, 0) is 37.5 Å². The molecular formula is C14H15N3O. The van der Waals surface area contributed by atoms with Gasteiger partial charge in [0.1, 0.15) is 11.6 Å². The van der Waals surface area contributed by atoms with Crippen LogP contribution in [0.3, 0.4) is 0 Å². The maximum Gasteiger partial charge on any atom is 0.264 e. The summed E-state index contributed by atoms with van der Waals surface area (Å²) in [5, 5.41) is 9.09. The lowest BCUT2D eigenvalue weighted by atomic mass is 10.1. The van der Waals surface area contributed by atoms with Crippen LogP contribution in [0, 0.1) is 11.3 Å². The normalized spacial score (nSPS) is 16.2. The molecule has 0 aliphatic carbocycles. The number of pyridine rings is 1. The number of aromatic nitrogens is 1. The van der Waals surface area contributed by atoms with Crippen LogP contribution in [0.25, 0.3) is 6.08 Å². The fourth-order valence-corrected chi connectivity index (χ4v) is 2.02. The van der Waals surface area contributed by atoms with Crippen LogP contribution in [0.4, 0.5) is 0 Å². The van der Waals surface area contributed by atoms with Crippen molar-refractivity contribution in [2.75, 3.05) is 13.1 Å². The highest BCUT2D eigenvalue weighted by atomic mass is 16.2. The molecule has 2 rings (SSSR count). The smallest absolute Gasteiger partial charge is 0.264 e. The zero-order valence-electron chi connectivity index (χ0n) is 10.2. The minimum Gasteiger partial charge on any atom is -0.338 e. The molecule has 0 saturated carbocycles. The van der Waals surface area contributed by atoms with Gasteiger partial charge in [-0.2, -0.15) is 5.26 Å². The number of amides is 1. The molecule has 0 unspecified atom stereocenters. The Morgan fingerprint density at radius 2 is 2.11 bits per heavy atom. The molecule has 4 nitrogen and oxygen atoms in total. The Labute approximate surface area is 107 Å². The van der Waals surface area contributed by atoms with Crippen molar-refractivity contribution in [3.63, 3.8) is 0 Å². The van der Waals surface area contributed by atoms with Crippen LogP contribution in [0.5, 0.6) is 0 Å². The molecule has 4 heteroatoms. The van der Waals surface area contributed by atoms with Gasteiger partial charge >= 0.3 is 0 Å².